The van der Waals surface area contributed by atoms with E-state index in [1.54, 1.807) is 16.4 Å². The summed E-state index contributed by atoms with van der Waals surface area (Å²) >= 11 is 3.37. The van der Waals surface area contributed by atoms with Crippen molar-refractivity contribution in [3.8, 4) is 0 Å². The van der Waals surface area contributed by atoms with E-state index >= 15 is 0 Å². The summed E-state index contributed by atoms with van der Waals surface area (Å²) in [5, 5.41) is 0.741. The second kappa shape index (κ2) is 5.94. The topological polar surface area (TPSA) is 37.4 Å². The van der Waals surface area contributed by atoms with Crippen LogP contribution in [0.25, 0.3) is 0 Å². The van der Waals surface area contributed by atoms with E-state index in [9.17, 15) is 8.42 Å². The lowest BCUT2D eigenvalue weighted by Gasteiger charge is -2.27. The lowest BCUT2D eigenvalue weighted by Crippen LogP contribution is -2.39. The first-order valence-corrected chi connectivity index (χ1v) is 9.25. The standard InChI is InChI=1S/C14H20BrNO2S/c1-3-13-7-4-11(2)16(13)19(17,18)14-8-5-12(10-15)6-9-14/h5-6,8-9,11,13H,3-4,7,10H2,1-2H3. The molecule has 0 radical (unpaired) electrons. The quantitative estimate of drug-likeness (QED) is 0.782. The number of alkyl halides is 1. The minimum absolute atomic E-state index is 0.103. The van der Waals surface area contributed by atoms with Crippen molar-refractivity contribution in [2.45, 2.75) is 55.4 Å². The second-order valence-corrected chi connectivity index (χ2v) is 7.50. The lowest BCUT2D eigenvalue weighted by molar-refractivity contribution is 0.328. The van der Waals surface area contributed by atoms with Crippen molar-refractivity contribution in [3.63, 3.8) is 0 Å². The Balaban J connectivity index is 2.35. The highest BCUT2D eigenvalue weighted by molar-refractivity contribution is 9.08. The maximum atomic E-state index is 12.7. The molecule has 3 nitrogen and oxygen atoms in total. The number of sulfonamides is 1. The molecule has 0 amide bonds. The molecule has 0 saturated carbocycles. The monoisotopic (exact) mass is 345 g/mol. The van der Waals surface area contributed by atoms with Crippen molar-refractivity contribution in [3.05, 3.63) is 29.8 Å². The molecule has 1 aliphatic rings. The zero-order chi connectivity index (χ0) is 14.0. The molecule has 1 aromatic rings. The first kappa shape index (κ1) is 15.0. The molecule has 1 saturated heterocycles. The molecule has 0 N–H and O–H groups in total. The predicted octanol–water partition coefficient (Wildman–Crippen LogP) is 3.53. The van der Waals surface area contributed by atoms with Crippen LogP contribution in [-0.4, -0.2) is 24.8 Å². The Bertz CT molecular complexity index is 527. The van der Waals surface area contributed by atoms with Crippen molar-refractivity contribution < 1.29 is 8.42 Å². The zero-order valence-electron chi connectivity index (χ0n) is 11.3. The van der Waals surface area contributed by atoms with Crippen LogP contribution in [0.1, 0.15) is 38.7 Å². The van der Waals surface area contributed by atoms with Crippen LogP contribution in [0.15, 0.2) is 29.2 Å². The van der Waals surface area contributed by atoms with Crippen LogP contribution in [-0.2, 0) is 15.4 Å². The van der Waals surface area contributed by atoms with Gasteiger partial charge in [-0.2, -0.15) is 4.31 Å². The Labute approximate surface area is 124 Å². The van der Waals surface area contributed by atoms with Gasteiger partial charge in [0.25, 0.3) is 0 Å². The molecule has 2 unspecified atom stereocenters. The predicted molar refractivity (Wildman–Crippen MR) is 80.9 cm³/mol. The van der Waals surface area contributed by atoms with Gasteiger partial charge < -0.3 is 0 Å². The molecule has 2 rings (SSSR count). The normalized spacial score (nSPS) is 24.8. The van der Waals surface area contributed by atoms with Crippen LogP contribution in [0.3, 0.4) is 0 Å². The lowest BCUT2D eigenvalue weighted by atomic mass is 10.2. The first-order valence-electron chi connectivity index (χ1n) is 6.69. The van der Waals surface area contributed by atoms with E-state index in [0.717, 1.165) is 30.2 Å². The molecule has 0 aromatic heterocycles. The Kier molecular flexibility index (Phi) is 4.69. The fraction of sp³-hybridized carbons (Fsp3) is 0.571. The van der Waals surface area contributed by atoms with Crippen LogP contribution in [0, 0.1) is 0 Å². The van der Waals surface area contributed by atoms with Gasteiger partial charge in [-0.15, -0.1) is 0 Å². The Morgan fingerprint density at radius 3 is 2.42 bits per heavy atom. The van der Waals surface area contributed by atoms with Gasteiger partial charge >= 0.3 is 0 Å². The van der Waals surface area contributed by atoms with Crippen molar-refractivity contribution in [2.75, 3.05) is 0 Å². The average molecular weight is 346 g/mol. The van der Waals surface area contributed by atoms with Crippen LogP contribution < -0.4 is 0 Å². The summed E-state index contributed by atoms with van der Waals surface area (Å²) in [6.45, 7) is 4.05. The van der Waals surface area contributed by atoms with Crippen LogP contribution in [0.4, 0.5) is 0 Å². The van der Waals surface area contributed by atoms with E-state index < -0.39 is 10.0 Å². The van der Waals surface area contributed by atoms with Gasteiger partial charge in [0.2, 0.25) is 10.0 Å². The Morgan fingerprint density at radius 2 is 1.89 bits per heavy atom. The molecule has 1 heterocycles. The molecule has 19 heavy (non-hydrogen) atoms. The number of benzene rings is 1. The van der Waals surface area contributed by atoms with Crippen molar-refractivity contribution >= 4 is 26.0 Å². The summed E-state index contributed by atoms with van der Waals surface area (Å²) in [7, 11) is -3.36. The molecule has 1 fully saturated rings. The number of nitrogens with zero attached hydrogens (tertiary/aromatic N) is 1. The van der Waals surface area contributed by atoms with Crippen molar-refractivity contribution in [2.24, 2.45) is 0 Å². The van der Waals surface area contributed by atoms with Gasteiger partial charge in [-0.25, -0.2) is 8.42 Å². The van der Waals surface area contributed by atoms with E-state index in [2.05, 4.69) is 22.9 Å². The van der Waals surface area contributed by atoms with Crippen molar-refractivity contribution in [1.82, 2.24) is 4.31 Å². The zero-order valence-corrected chi connectivity index (χ0v) is 13.7. The summed E-state index contributed by atoms with van der Waals surface area (Å²) in [6, 6.07) is 7.40. The number of rotatable bonds is 4. The third kappa shape index (κ3) is 2.88. The van der Waals surface area contributed by atoms with Gasteiger partial charge in [-0.3, -0.25) is 0 Å². The number of hydrogen-bond acceptors (Lipinski definition) is 2. The van der Waals surface area contributed by atoms with Gasteiger partial charge in [0, 0.05) is 17.4 Å². The molecule has 1 aromatic carbocycles. The highest BCUT2D eigenvalue weighted by atomic mass is 79.9. The largest absolute Gasteiger partial charge is 0.243 e. The van der Waals surface area contributed by atoms with E-state index in [0.29, 0.717) is 4.90 Å². The third-order valence-electron chi connectivity index (χ3n) is 3.84. The molecule has 0 aliphatic carbocycles. The average Bonchev–Trinajstić information content (AvgIpc) is 2.80. The second-order valence-electron chi connectivity index (χ2n) is 5.10. The molecular formula is C14H20BrNO2S. The first-order chi connectivity index (χ1) is 9.00. The maximum absolute atomic E-state index is 12.7. The van der Waals surface area contributed by atoms with Gasteiger partial charge in [0.15, 0.2) is 0 Å². The van der Waals surface area contributed by atoms with E-state index in [4.69, 9.17) is 0 Å². The fourth-order valence-electron chi connectivity index (χ4n) is 2.74. The Hall–Kier alpha value is -0.390. The van der Waals surface area contributed by atoms with E-state index in [1.807, 2.05) is 19.1 Å². The van der Waals surface area contributed by atoms with Gasteiger partial charge in [-0.1, -0.05) is 35.0 Å². The molecule has 1 aliphatic heterocycles. The maximum Gasteiger partial charge on any atom is 0.243 e. The minimum atomic E-state index is -3.36. The van der Waals surface area contributed by atoms with Gasteiger partial charge in [0.05, 0.1) is 4.90 Å². The van der Waals surface area contributed by atoms with Crippen LogP contribution >= 0.6 is 15.9 Å². The summed E-state index contributed by atoms with van der Waals surface area (Å²) in [6.07, 6.45) is 2.80. The van der Waals surface area contributed by atoms with Gasteiger partial charge in [-0.05, 0) is 43.9 Å². The van der Waals surface area contributed by atoms with E-state index in [-0.39, 0.29) is 12.1 Å². The summed E-state index contributed by atoms with van der Waals surface area (Å²) in [5.74, 6) is 0. The minimum Gasteiger partial charge on any atom is -0.207 e. The molecule has 5 heteroatoms. The molecule has 0 bridgehead atoms. The summed E-state index contributed by atoms with van der Waals surface area (Å²) in [5.41, 5.74) is 1.08. The Morgan fingerprint density at radius 1 is 1.26 bits per heavy atom. The van der Waals surface area contributed by atoms with Crippen LogP contribution in [0.5, 0.6) is 0 Å². The van der Waals surface area contributed by atoms with Crippen LogP contribution in [0.2, 0.25) is 0 Å². The fourth-order valence-corrected chi connectivity index (χ4v) is 5.06. The SMILES string of the molecule is CCC1CCC(C)N1S(=O)(=O)c1ccc(CBr)cc1. The van der Waals surface area contributed by atoms with E-state index in [1.165, 1.54) is 0 Å². The number of hydrogen-bond donors (Lipinski definition) is 0. The summed E-state index contributed by atoms with van der Waals surface area (Å²) < 4.78 is 27.2. The highest BCUT2D eigenvalue weighted by Crippen LogP contribution is 2.32. The number of halogens is 1. The molecule has 0 spiro atoms. The molecular weight excluding hydrogens is 326 g/mol. The van der Waals surface area contributed by atoms with Crippen molar-refractivity contribution in [1.29, 1.82) is 0 Å². The third-order valence-corrected chi connectivity index (χ3v) is 6.56. The van der Waals surface area contributed by atoms with Gasteiger partial charge in [0.1, 0.15) is 0 Å². The molecule has 2 atom stereocenters. The smallest absolute Gasteiger partial charge is 0.207 e. The highest BCUT2D eigenvalue weighted by Gasteiger charge is 2.38. The summed E-state index contributed by atoms with van der Waals surface area (Å²) in [4.78, 5) is 0.407. The molecule has 106 valence electrons.